The van der Waals surface area contributed by atoms with Crippen molar-refractivity contribution in [3.05, 3.63) is 45.2 Å². The maximum absolute atomic E-state index is 13.2. The van der Waals surface area contributed by atoms with Crippen molar-refractivity contribution in [1.29, 1.82) is 0 Å². The average molecular weight is 426 g/mol. The summed E-state index contributed by atoms with van der Waals surface area (Å²) in [4.78, 5) is 25.8. The molecule has 0 aliphatic rings. The van der Waals surface area contributed by atoms with E-state index in [2.05, 4.69) is 26.1 Å². The van der Waals surface area contributed by atoms with E-state index >= 15 is 0 Å². The quantitative estimate of drug-likeness (QED) is 0.662. The van der Waals surface area contributed by atoms with E-state index in [0.717, 1.165) is 25.0 Å². The molecule has 0 aliphatic carbocycles. The number of nitrogens with one attached hydrogen (secondary N) is 1. The van der Waals surface area contributed by atoms with Gasteiger partial charge in [-0.2, -0.15) is 13.2 Å². The molecule has 0 radical (unpaired) electrons. The molecule has 0 fully saturated rings. The molecule has 0 aliphatic heterocycles. The Bertz CT molecular complexity index is 973. The van der Waals surface area contributed by atoms with Gasteiger partial charge in [0.05, 0.1) is 17.7 Å². The maximum atomic E-state index is 13.2. The molecule has 0 spiro atoms. The Kier molecular flexibility index (Phi) is 7.34. The molecular weight excluding hydrogens is 397 g/mol. The van der Waals surface area contributed by atoms with E-state index in [9.17, 15) is 22.8 Å². The van der Waals surface area contributed by atoms with E-state index in [1.165, 1.54) is 17.7 Å². The lowest BCUT2D eigenvalue weighted by molar-refractivity contribution is -0.137. The Labute approximate surface area is 174 Å². The third-order valence-corrected chi connectivity index (χ3v) is 4.99. The fraction of sp³-hybridized carbons (Fsp3) is 0.545. The van der Waals surface area contributed by atoms with Crippen LogP contribution in [0, 0.1) is 12.3 Å². The molecule has 30 heavy (non-hydrogen) atoms. The van der Waals surface area contributed by atoms with Crippen molar-refractivity contribution < 1.29 is 22.7 Å². The highest BCUT2D eigenvalue weighted by Gasteiger charge is 2.31. The zero-order valence-electron chi connectivity index (χ0n) is 18.1. The number of nitrogens with zero attached hydrogens (tertiary/aromatic N) is 1. The number of hydrogen-bond donors (Lipinski definition) is 1. The topological polar surface area (TPSA) is 60.3 Å². The van der Waals surface area contributed by atoms with Crippen LogP contribution >= 0.6 is 0 Å². The average Bonchev–Trinajstić information content (AvgIpc) is 2.63. The third-order valence-electron chi connectivity index (χ3n) is 4.99. The number of rotatable bonds is 7. The lowest BCUT2D eigenvalue weighted by Gasteiger charge is -2.19. The molecule has 0 saturated heterocycles. The van der Waals surface area contributed by atoms with Crippen LogP contribution in [0.3, 0.4) is 0 Å². The van der Waals surface area contributed by atoms with Gasteiger partial charge in [0, 0.05) is 25.6 Å². The van der Waals surface area contributed by atoms with Crippen LogP contribution in [-0.4, -0.2) is 30.7 Å². The number of alkyl halides is 3. The largest absolute Gasteiger partial charge is 0.416 e. The van der Waals surface area contributed by atoms with Crippen molar-refractivity contribution in [2.45, 2.75) is 53.3 Å². The van der Waals surface area contributed by atoms with Crippen LogP contribution in [0.15, 0.2) is 23.0 Å². The fourth-order valence-corrected chi connectivity index (χ4v) is 3.37. The Balaban J connectivity index is 2.50. The zero-order valence-corrected chi connectivity index (χ0v) is 18.1. The molecule has 1 N–H and O–H groups in total. The number of aromatic nitrogens is 1. The van der Waals surface area contributed by atoms with Gasteiger partial charge in [-0.25, -0.2) is 0 Å². The molecule has 8 heteroatoms. The van der Waals surface area contributed by atoms with Crippen molar-refractivity contribution in [3.8, 4) is 0 Å². The second-order valence-corrected chi connectivity index (χ2v) is 8.60. The molecule has 5 nitrogen and oxygen atoms in total. The summed E-state index contributed by atoms with van der Waals surface area (Å²) in [5, 5.41) is 3.20. The summed E-state index contributed by atoms with van der Waals surface area (Å²) in [5.41, 5.74) is -0.885. The lowest BCUT2D eigenvalue weighted by atomic mass is 9.90. The molecule has 1 amide bonds. The third kappa shape index (κ3) is 5.62. The van der Waals surface area contributed by atoms with Gasteiger partial charge in [0.2, 0.25) is 0 Å². The van der Waals surface area contributed by atoms with E-state index in [-0.39, 0.29) is 29.6 Å². The van der Waals surface area contributed by atoms with Gasteiger partial charge in [-0.1, -0.05) is 26.8 Å². The van der Waals surface area contributed by atoms with Crippen molar-refractivity contribution in [1.82, 2.24) is 9.88 Å². The monoisotopic (exact) mass is 426 g/mol. The van der Waals surface area contributed by atoms with E-state index in [1.54, 1.807) is 6.92 Å². The molecule has 0 bridgehead atoms. The highest BCUT2D eigenvalue weighted by Crippen LogP contribution is 2.32. The van der Waals surface area contributed by atoms with E-state index in [1.807, 2.05) is 0 Å². The van der Waals surface area contributed by atoms with Crippen LogP contribution in [0.4, 0.5) is 13.2 Å². The highest BCUT2D eigenvalue weighted by atomic mass is 19.4. The summed E-state index contributed by atoms with van der Waals surface area (Å²) in [5.74, 6) is -0.514. The normalized spacial score (nSPS) is 12.4. The number of aryl methyl sites for hydroxylation is 1. The van der Waals surface area contributed by atoms with Gasteiger partial charge in [0.1, 0.15) is 5.56 Å². The number of benzene rings is 1. The molecule has 1 aromatic heterocycles. The predicted molar refractivity (Wildman–Crippen MR) is 111 cm³/mol. The number of fused-ring (bicyclic) bond motifs is 1. The first-order valence-corrected chi connectivity index (χ1v) is 9.88. The van der Waals surface area contributed by atoms with Gasteiger partial charge in [-0.15, -0.1) is 0 Å². The molecule has 1 heterocycles. The summed E-state index contributed by atoms with van der Waals surface area (Å²) >= 11 is 0. The number of carbonyl (C=O) groups excluding carboxylic acids is 1. The first kappa shape index (κ1) is 23.9. The molecule has 1 aromatic carbocycles. The lowest BCUT2D eigenvalue weighted by Crippen LogP contribution is -2.35. The number of carbonyl (C=O) groups is 1. The predicted octanol–water partition coefficient (Wildman–Crippen LogP) is 4.53. The first-order chi connectivity index (χ1) is 13.9. The minimum atomic E-state index is -4.53. The van der Waals surface area contributed by atoms with Gasteiger partial charge in [-0.05, 0) is 42.9 Å². The Morgan fingerprint density at radius 1 is 1.20 bits per heavy atom. The minimum Gasteiger partial charge on any atom is -0.383 e. The fourth-order valence-electron chi connectivity index (χ4n) is 3.37. The SMILES string of the molecule is COCCn1c(=O)c(C(=O)NCCCC(C)(C)C)c(C)c2ccc(C(F)(F)F)cc21. The molecule has 0 unspecified atom stereocenters. The molecule has 2 rings (SSSR count). The summed E-state index contributed by atoms with van der Waals surface area (Å²) in [6.07, 6.45) is -2.87. The van der Waals surface area contributed by atoms with Gasteiger partial charge >= 0.3 is 6.18 Å². The number of halogens is 3. The van der Waals surface area contributed by atoms with Crippen LogP contribution in [0.25, 0.3) is 10.9 Å². The Morgan fingerprint density at radius 2 is 1.87 bits per heavy atom. The molecule has 0 atom stereocenters. The molecule has 0 saturated carbocycles. The number of ether oxygens (including phenoxy) is 1. The first-order valence-electron chi connectivity index (χ1n) is 9.88. The van der Waals surface area contributed by atoms with Crippen molar-refractivity contribution >= 4 is 16.8 Å². The van der Waals surface area contributed by atoms with Crippen LogP contribution in [0.1, 0.15) is 55.1 Å². The molecule has 166 valence electrons. The van der Waals surface area contributed by atoms with Gasteiger partial charge < -0.3 is 14.6 Å². The van der Waals surface area contributed by atoms with E-state index in [4.69, 9.17) is 4.74 Å². The van der Waals surface area contributed by atoms with Gasteiger partial charge in [0.25, 0.3) is 11.5 Å². The summed E-state index contributed by atoms with van der Waals surface area (Å²) < 4.78 is 45.8. The van der Waals surface area contributed by atoms with E-state index < -0.39 is 23.2 Å². The second kappa shape index (κ2) is 9.20. The zero-order chi connectivity index (χ0) is 22.7. The number of hydrogen-bond acceptors (Lipinski definition) is 3. The summed E-state index contributed by atoms with van der Waals surface area (Å²) in [6.45, 7) is 8.47. The molecule has 2 aromatic rings. The van der Waals surface area contributed by atoms with Crippen molar-refractivity contribution in [2.24, 2.45) is 5.41 Å². The van der Waals surface area contributed by atoms with E-state index in [0.29, 0.717) is 17.5 Å². The van der Waals surface area contributed by atoms with Gasteiger partial charge in [-0.3, -0.25) is 9.59 Å². The Hall–Kier alpha value is -2.35. The van der Waals surface area contributed by atoms with Crippen LogP contribution < -0.4 is 10.9 Å². The Morgan fingerprint density at radius 3 is 2.43 bits per heavy atom. The van der Waals surface area contributed by atoms with Gasteiger partial charge in [0.15, 0.2) is 0 Å². The van der Waals surface area contributed by atoms with Crippen LogP contribution in [0.5, 0.6) is 0 Å². The highest BCUT2D eigenvalue weighted by molar-refractivity contribution is 6.00. The summed E-state index contributed by atoms with van der Waals surface area (Å²) in [7, 11) is 1.44. The molecular formula is C22H29F3N2O3. The smallest absolute Gasteiger partial charge is 0.383 e. The van der Waals surface area contributed by atoms with Crippen LogP contribution in [0.2, 0.25) is 0 Å². The van der Waals surface area contributed by atoms with Crippen molar-refractivity contribution in [2.75, 3.05) is 20.3 Å². The minimum absolute atomic E-state index is 0.0394. The standard InChI is InChI=1S/C22H29F3N2O3/c1-14-16-8-7-15(22(23,24)25)13-17(16)27(11-12-30-5)20(29)18(14)19(28)26-10-6-9-21(2,3)4/h7-8,13H,6,9-12H2,1-5H3,(H,26,28). The number of pyridine rings is 1. The van der Waals surface area contributed by atoms with Crippen molar-refractivity contribution in [3.63, 3.8) is 0 Å². The maximum Gasteiger partial charge on any atom is 0.416 e. The second-order valence-electron chi connectivity index (χ2n) is 8.60. The van der Waals surface area contributed by atoms with Crippen LogP contribution in [-0.2, 0) is 17.5 Å². The number of methoxy groups -OCH3 is 1. The number of amides is 1. The summed E-state index contributed by atoms with van der Waals surface area (Å²) in [6, 6.07) is 3.22.